The molecule has 3 nitrogen and oxygen atoms in total. The van der Waals surface area contributed by atoms with Gasteiger partial charge in [0.15, 0.2) is 6.10 Å². The monoisotopic (exact) mass is 364 g/mol. The van der Waals surface area contributed by atoms with E-state index >= 15 is 0 Å². The van der Waals surface area contributed by atoms with Crippen molar-refractivity contribution < 1.29 is 14.6 Å². The first-order valence-corrected chi connectivity index (χ1v) is 9.82. The standard InChI is InChI=1S/C24H28O3/c1-18(9-8-14-19-10-4-2-5-11-19)23(25)22-17-21(24(26)27-22)16-15-20-12-6-3-7-13-20/h2,4-5,8-11,14-17,20,22-23,25H,3,6-7,12-13H2,1H3/b14-8+,16-15+,18-9+/t22-,23-/m1/s1. The molecular formula is C24H28O3. The lowest BCUT2D eigenvalue weighted by atomic mass is 9.89. The fourth-order valence-corrected chi connectivity index (χ4v) is 3.55. The average molecular weight is 364 g/mol. The van der Waals surface area contributed by atoms with Gasteiger partial charge in [-0.2, -0.15) is 0 Å². The Morgan fingerprint density at radius 2 is 1.89 bits per heavy atom. The molecule has 1 heterocycles. The van der Waals surface area contributed by atoms with E-state index in [1.165, 1.54) is 32.1 Å². The molecule has 27 heavy (non-hydrogen) atoms. The number of ether oxygens (including phenoxy) is 1. The minimum atomic E-state index is -0.838. The van der Waals surface area contributed by atoms with E-state index in [0.717, 1.165) is 11.1 Å². The third-order valence-corrected chi connectivity index (χ3v) is 5.25. The number of carbonyl (C=O) groups excluding carboxylic acids is 1. The summed E-state index contributed by atoms with van der Waals surface area (Å²) in [5.74, 6) is 0.208. The van der Waals surface area contributed by atoms with Crippen molar-refractivity contribution in [3.05, 3.63) is 77.4 Å². The zero-order chi connectivity index (χ0) is 19.1. The van der Waals surface area contributed by atoms with Gasteiger partial charge in [-0.25, -0.2) is 4.79 Å². The first-order chi connectivity index (χ1) is 13.1. The molecule has 0 amide bonds. The van der Waals surface area contributed by atoms with Crippen LogP contribution in [0.2, 0.25) is 0 Å². The van der Waals surface area contributed by atoms with Gasteiger partial charge in [0.1, 0.15) is 6.10 Å². The Kier molecular flexibility index (Phi) is 6.83. The van der Waals surface area contributed by atoms with Crippen LogP contribution in [0.4, 0.5) is 0 Å². The first kappa shape index (κ1) is 19.4. The molecule has 1 N–H and O–H groups in total. The van der Waals surface area contributed by atoms with Crippen LogP contribution in [-0.4, -0.2) is 23.3 Å². The summed E-state index contributed by atoms with van der Waals surface area (Å²) in [6.45, 7) is 1.84. The topological polar surface area (TPSA) is 46.5 Å². The quantitative estimate of drug-likeness (QED) is 0.571. The number of cyclic esters (lactones) is 1. The molecule has 3 rings (SSSR count). The first-order valence-electron chi connectivity index (χ1n) is 9.82. The number of aliphatic hydroxyl groups excluding tert-OH is 1. The number of esters is 1. The van der Waals surface area contributed by atoms with Crippen molar-refractivity contribution in [2.45, 2.75) is 51.2 Å². The number of hydrogen-bond donors (Lipinski definition) is 1. The summed E-state index contributed by atoms with van der Waals surface area (Å²) in [5.41, 5.74) is 2.41. The number of rotatable bonds is 6. The van der Waals surface area contributed by atoms with Gasteiger partial charge in [-0.15, -0.1) is 0 Å². The van der Waals surface area contributed by atoms with Crippen molar-refractivity contribution >= 4 is 12.0 Å². The van der Waals surface area contributed by atoms with Gasteiger partial charge in [-0.1, -0.05) is 80.0 Å². The third kappa shape index (κ3) is 5.54. The molecule has 2 aliphatic rings. The Hall–Kier alpha value is -2.39. The van der Waals surface area contributed by atoms with E-state index in [4.69, 9.17) is 4.74 Å². The molecule has 0 aromatic heterocycles. The van der Waals surface area contributed by atoms with Crippen LogP contribution in [0.15, 0.2) is 71.9 Å². The zero-order valence-corrected chi connectivity index (χ0v) is 15.9. The summed E-state index contributed by atoms with van der Waals surface area (Å²) >= 11 is 0. The predicted molar refractivity (Wildman–Crippen MR) is 109 cm³/mol. The van der Waals surface area contributed by atoms with E-state index in [9.17, 15) is 9.90 Å². The predicted octanol–water partition coefficient (Wildman–Crippen LogP) is 5.00. The molecule has 1 aliphatic heterocycles. The van der Waals surface area contributed by atoms with Crippen LogP contribution >= 0.6 is 0 Å². The van der Waals surface area contributed by atoms with Crippen molar-refractivity contribution in [3.8, 4) is 0 Å². The molecule has 0 spiro atoms. The van der Waals surface area contributed by atoms with Gasteiger partial charge in [0.25, 0.3) is 0 Å². The number of hydrogen-bond acceptors (Lipinski definition) is 3. The molecule has 3 heteroatoms. The minimum Gasteiger partial charge on any atom is -0.451 e. The van der Waals surface area contributed by atoms with E-state index in [0.29, 0.717) is 11.5 Å². The minimum absolute atomic E-state index is 0.348. The van der Waals surface area contributed by atoms with Crippen LogP contribution < -0.4 is 0 Å². The zero-order valence-electron chi connectivity index (χ0n) is 15.9. The molecular weight excluding hydrogens is 336 g/mol. The van der Waals surface area contributed by atoms with Gasteiger partial charge in [0, 0.05) is 0 Å². The maximum absolute atomic E-state index is 12.1. The summed E-state index contributed by atoms with van der Waals surface area (Å²) in [6.07, 6.45) is 16.3. The number of benzene rings is 1. The summed E-state index contributed by atoms with van der Waals surface area (Å²) in [6, 6.07) is 9.97. The molecule has 142 valence electrons. The smallest absolute Gasteiger partial charge is 0.338 e. The van der Waals surface area contributed by atoms with Gasteiger partial charge in [0.05, 0.1) is 5.57 Å². The fraction of sp³-hybridized carbons (Fsp3) is 0.375. The normalized spacial score (nSPS) is 23.0. The van der Waals surface area contributed by atoms with Crippen molar-refractivity contribution in [3.63, 3.8) is 0 Å². The van der Waals surface area contributed by atoms with Crippen LogP contribution in [0.1, 0.15) is 44.6 Å². The van der Waals surface area contributed by atoms with Crippen molar-refractivity contribution in [2.75, 3.05) is 0 Å². The Bertz CT molecular complexity index is 749. The Labute approximate surface area is 161 Å². The summed E-state index contributed by atoms with van der Waals surface area (Å²) in [4.78, 5) is 12.1. The van der Waals surface area contributed by atoms with Crippen LogP contribution in [-0.2, 0) is 9.53 Å². The van der Waals surface area contributed by atoms with Crippen LogP contribution in [0.5, 0.6) is 0 Å². The number of allylic oxidation sites excluding steroid dienone is 3. The van der Waals surface area contributed by atoms with Gasteiger partial charge in [-0.05, 0) is 42.9 Å². The molecule has 1 fully saturated rings. The van der Waals surface area contributed by atoms with Gasteiger partial charge in [-0.3, -0.25) is 0 Å². The highest BCUT2D eigenvalue weighted by Gasteiger charge is 2.30. The largest absolute Gasteiger partial charge is 0.451 e. The van der Waals surface area contributed by atoms with Crippen LogP contribution in [0.25, 0.3) is 6.08 Å². The Balaban J connectivity index is 1.60. The Morgan fingerprint density at radius 3 is 2.63 bits per heavy atom. The molecule has 0 saturated heterocycles. The van der Waals surface area contributed by atoms with Crippen molar-refractivity contribution in [1.82, 2.24) is 0 Å². The molecule has 0 radical (unpaired) electrons. The van der Waals surface area contributed by atoms with E-state index in [2.05, 4.69) is 6.08 Å². The van der Waals surface area contributed by atoms with Crippen LogP contribution in [0.3, 0.4) is 0 Å². The summed E-state index contributed by atoms with van der Waals surface area (Å²) < 4.78 is 5.36. The third-order valence-electron chi connectivity index (χ3n) is 5.25. The summed E-state index contributed by atoms with van der Waals surface area (Å²) in [5, 5.41) is 10.5. The lowest BCUT2D eigenvalue weighted by Gasteiger charge is -2.17. The average Bonchev–Trinajstić information content (AvgIpc) is 3.08. The molecule has 1 saturated carbocycles. The molecule has 1 aromatic carbocycles. The SMILES string of the molecule is C/C(=C\C=C\c1ccccc1)[C@@H](O)[C@H]1C=C(/C=C/C2CCCCC2)C(=O)O1. The second kappa shape index (κ2) is 9.52. The summed E-state index contributed by atoms with van der Waals surface area (Å²) in [7, 11) is 0. The fourth-order valence-electron chi connectivity index (χ4n) is 3.55. The molecule has 2 atom stereocenters. The molecule has 1 aliphatic carbocycles. The van der Waals surface area contributed by atoms with E-state index < -0.39 is 12.2 Å². The van der Waals surface area contributed by atoms with Crippen molar-refractivity contribution in [2.24, 2.45) is 5.92 Å². The lowest BCUT2D eigenvalue weighted by Crippen LogP contribution is -2.26. The molecule has 0 unspecified atom stereocenters. The van der Waals surface area contributed by atoms with E-state index in [1.807, 2.05) is 61.6 Å². The second-order valence-electron chi connectivity index (χ2n) is 7.37. The highest BCUT2D eigenvalue weighted by atomic mass is 16.6. The highest BCUT2D eigenvalue weighted by molar-refractivity contribution is 5.94. The second-order valence-corrected chi connectivity index (χ2v) is 7.37. The Morgan fingerprint density at radius 1 is 1.15 bits per heavy atom. The van der Waals surface area contributed by atoms with Crippen LogP contribution in [0, 0.1) is 5.92 Å². The lowest BCUT2D eigenvalue weighted by molar-refractivity contribution is -0.142. The molecule has 1 aromatic rings. The van der Waals surface area contributed by atoms with Crippen molar-refractivity contribution in [1.29, 1.82) is 0 Å². The van der Waals surface area contributed by atoms with E-state index in [1.54, 1.807) is 6.08 Å². The van der Waals surface area contributed by atoms with Gasteiger partial charge in [0.2, 0.25) is 0 Å². The maximum atomic E-state index is 12.1. The molecule has 0 bridgehead atoms. The number of carbonyl (C=O) groups is 1. The van der Waals surface area contributed by atoms with Gasteiger partial charge < -0.3 is 9.84 Å². The van der Waals surface area contributed by atoms with E-state index in [-0.39, 0.29) is 5.97 Å². The maximum Gasteiger partial charge on any atom is 0.338 e. The highest BCUT2D eigenvalue weighted by Crippen LogP contribution is 2.26. The number of aliphatic hydroxyl groups is 1. The van der Waals surface area contributed by atoms with Gasteiger partial charge >= 0.3 is 5.97 Å².